The van der Waals surface area contributed by atoms with E-state index >= 15 is 0 Å². The average Bonchev–Trinajstić information content (AvgIpc) is 2.57. The monoisotopic (exact) mass is 239 g/mol. The summed E-state index contributed by atoms with van der Waals surface area (Å²) >= 11 is 0. The van der Waals surface area contributed by atoms with Gasteiger partial charge in [0.1, 0.15) is 0 Å². The van der Waals surface area contributed by atoms with Crippen molar-refractivity contribution < 1.29 is 14.3 Å². The average molecular weight is 239 g/mol. The van der Waals surface area contributed by atoms with E-state index in [0.29, 0.717) is 36.3 Å². The van der Waals surface area contributed by atoms with Crippen LogP contribution in [0.2, 0.25) is 0 Å². The summed E-state index contributed by atoms with van der Waals surface area (Å²) in [5, 5.41) is 9.04. The third-order valence-corrected chi connectivity index (χ3v) is 2.47. The normalized spacial score (nSPS) is 11.4. The van der Waals surface area contributed by atoms with Gasteiger partial charge in [-0.2, -0.15) is 0 Å². The standard InChI is InChI=1S/C13H21NO3/c1-8(2)5-6-11-14-10(7-9(3)4)12(17-11)13(15)16/h8-9H,5-7H2,1-4H3,(H,15,16). The maximum atomic E-state index is 11.0. The lowest BCUT2D eigenvalue weighted by Crippen LogP contribution is -2.03. The van der Waals surface area contributed by atoms with Gasteiger partial charge in [0.15, 0.2) is 5.89 Å². The molecular formula is C13H21NO3. The third-order valence-electron chi connectivity index (χ3n) is 2.47. The highest BCUT2D eigenvalue weighted by Gasteiger charge is 2.20. The highest BCUT2D eigenvalue weighted by atomic mass is 16.4. The number of oxazole rings is 1. The van der Waals surface area contributed by atoms with Gasteiger partial charge in [0, 0.05) is 6.42 Å². The molecule has 0 aliphatic carbocycles. The predicted molar refractivity (Wildman–Crippen MR) is 65.2 cm³/mol. The van der Waals surface area contributed by atoms with Crippen LogP contribution in [0.15, 0.2) is 4.42 Å². The number of carboxylic acids is 1. The molecule has 0 amide bonds. The number of rotatable bonds is 6. The molecule has 0 saturated heterocycles. The summed E-state index contributed by atoms with van der Waals surface area (Å²) in [7, 11) is 0. The number of aromatic carboxylic acids is 1. The molecule has 0 bridgehead atoms. The van der Waals surface area contributed by atoms with Gasteiger partial charge in [-0.15, -0.1) is 0 Å². The van der Waals surface area contributed by atoms with Crippen LogP contribution >= 0.6 is 0 Å². The molecule has 0 aromatic carbocycles. The molecule has 1 N–H and O–H groups in total. The Morgan fingerprint density at radius 3 is 2.41 bits per heavy atom. The van der Waals surface area contributed by atoms with Gasteiger partial charge in [0.05, 0.1) is 5.69 Å². The fourth-order valence-electron chi connectivity index (χ4n) is 1.61. The first-order valence-electron chi connectivity index (χ1n) is 6.12. The number of nitrogens with zero attached hydrogens (tertiary/aromatic N) is 1. The highest BCUT2D eigenvalue weighted by Crippen LogP contribution is 2.17. The number of aromatic nitrogens is 1. The summed E-state index contributed by atoms with van der Waals surface area (Å²) in [4.78, 5) is 15.3. The Kier molecular flexibility index (Phi) is 4.73. The molecule has 1 aromatic heterocycles. The van der Waals surface area contributed by atoms with Crippen LogP contribution in [0.1, 0.15) is 56.3 Å². The van der Waals surface area contributed by atoms with Crippen LogP contribution in [0.25, 0.3) is 0 Å². The zero-order valence-corrected chi connectivity index (χ0v) is 11.0. The molecule has 1 aromatic rings. The molecule has 96 valence electrons. The van der Waals surface area contributed by atoms with Crippen molar-refractivity contribution in [2.45, 2.75) is 47.0 Å². The fourth-order valence-corrected chi connectivity index (χ4v) is 1.61. The zero-order valence-electron chi connectivity index (χ0n) is 11.0. The molecule has 4 nitrogen and oxygen atoms in total. The Balaban J connectivity index is 2.84. The molecule has 0 radical (unpaired) electrons. The second-order valence-corrected chi connectivity index (χ2v) is 5.22. The summed E-state index contributed by atoms with van der Waals surface area (Å²) < 4.78 is 5.32. The van der Waals surface area contributed by atoms with E-state index in [2.05, 4.69) is 18.8 Å². The minimum atomic E-state index is -1.02. The predicted octanol–water partition coefficient (Wildman–Crippen LogP) is 3.16. The molecule has 4 heteroatoms. The quantitative estimate of drug-likeness (QED) is 0.828. The lowest BCUT2D eigenvalue weighted by molar-refractivity contribution is 0.0658. The smallest absolute Gasteiger partial charge is 0.373 e. The van der Waals surface area contributed by atoms with Gasteiger partial charge in [0.2, 0.25) is 5.76 Å². The Labute approximate surface area is 102 Å². The molecule has 1 heterocycles. The first kappa shape index (κ1) is 13.7. The second kappa shape index (κ2) is 5.84. The van der Waals surface area contributed by atoms with Crippen LogP contribution in [0.5, 0.6) is 0 Å². The minimum absolute atomic E-state index is 0.0115. The van der Waals surface area contributed by atoms with E-state index in [9.17, 15) is 4.79 Å². The first-order valence-corrected chi connectivity index (χ1v) is 6.12. The lowest BCUT2D eigenvalue weighted by atomic mass is 10.1. The third kappa shape index (κ3) is 4.21. The fraction of sp³-hybridized carbons (Fsp3) is 0.692. The number of carbonyl (C=O) groups is 1. The van der Waals surface area contributed by atoms with Gasteiger partial charge in [-0.05, 0) is 24.7 Å². The van der Waals surface area contributed by atoms with E-state index in [0.717, 1.165) is 6.42 Å². The molecule has 0 spiro atoms. The van der Waals surface area contributed by atoms with Gasteiger partial charge in [0.25, 0.3) is 0 Å². The van der Waals surface area contributed by atoms with Crippen molar-refractivity contribution in [1.29, 1.82) is 0 Å². The Hall–Kier alpha value is -1.32. The lowest BCUT2D eigenvalue weighted by Gasteiger charge is -2.00. The van der Waals surface area contributed by atoms with E-state index in [1.165, 1.54) is 0 Å². The minimum Gasteiger partial charge on any atom is -0.475 e. The largest absolute Gasteiger partial charge is 0.475 e. The van der Waals surface area contributed by atoms with Gasteiger partial charge in [-0.25, -0.2) is 9.78 Å². The van der Waals surface area contributed by atoms with Gasteiger partial charge < -0.3 is 9.52 Å². The zero-order chi connectivity index (χ0) is 13.0. The van der Waals surface area contributed by atoms with Crippen molar-refractivity contribution in [2.24, 2.45) is 11.8 Å². The van der Waals surface area contributed by atoms with Crippen LogP contribution in [0, 0.1) is 11.8 Å². The number of hydrogen-bond acceptors (Lipinski definition) is 3. The number of carboxylic acid groups (broad SMARTS) is 1. The van der Waals surface area contributed by atoms with E-state index in [-0.39, 0.29) is 5.76 Å². The van der Waals surface area contributed by atoms with Crippen molar-refractivity contribution >= 4 is 5.97 Å². The molecule has 0 fully saturated rings. The second-order valence-electron chi connectivity index (χ2n) is 5.22. The van der Waals surface area contributed by atoms with Crippen LogP contribution in [-0.2, 0) is 12.8 Å². The van der Waals surface area contributed by atoms with Gasteiger partial charge in [-0.1, -0.05) is 27.7 Å². The summed E-state index contributed by atoms with van der Waals surface area (Å²) in [5.41, 5.74) is 0.575. The molecular weight excluding hydrogens is 218 g/mol. The summed E-state index contributed by atoms with van der Waals surface area (Å²) in [6, 6.07) is 0. The molecule has 0 aliphatic rings. The van der Waals surface area contributed by atoms with Crippen molar-refractivity contribution in [2.75, 3.05) is 0 Å². The van der Waals surface area contributed by atoms with E-state index in [1.807, 2.05) is 13.8 Å². The van der Waals surface area contributed by atoms with Gasteiger partial charge >= 0.3 is 5.97 Å². The summed E-state index contributed by atoms with van der Waals surface area (Å²) in [6.07, 6.45) is 2.31. The molecule has 17 heavy (non-hydrogen) atoms. The molecule has 0 saturated carbocycles. The van der Waals surface area contributed by atoms with Gasteiger partial charge in [-0.3, -0.25) is 0 Å². The Bertz CT molecular complexity index is 380. The summed E-state index contributed by atoms with van der Waals surface area (Å²) in [6.45, 7) is 8.31. The van der Waals surface area contributed by atoms with Crippen LogP contribution in [0.3, 0.4) is 0 Å². The highest BCUT2D eigenvalue weighted by molar-refractivity contribution is 5.85. The molecule has 1 rings (SSSR count). The molecule has 0 aliphatic heterocycles. The van der Waals surface area contributed by atoms with Crippen LogP contribution < -0.4 is 0 Å². The van der Waals surface area contributed by atoms with E-state index in [1.54, 1.807) is 0 Å². The van der Waals surface area contributed by atoms with Crippen LogP contribution in [0.4, 0.5) is 0 Å². The maximum Gasteiger partial charge on any atom is 0.373 e. The van der Waals surface area contributed by atoms with Crippen molar-refractivity contribution in [3.63, 3.8) is 0 Å². The topological polar surface area (TPSA) is 63.3 Å². The molecule has 0 atom stereocenters. The first-order chi connectivity index (χ1) is 7.90. The SMILES string of the molecule is CC(C)CCc1nc(CC(C)C)c(C(=O)O)o1. The van der Waals surface area contributed by atoms with Crippen LogP contribution in [-0.4, -0.2) is 16.1 Å². The Morgan fingerprint density at radius 2 is 1.94 bits per heavy atom. The summed E-state index contributed by atoms with van der Waals surface area (Å²) in [5.74, 6) is 0.466. The van der Waals surface area contributed by atoms with Crippen molar-refractivity contribution in [1.82, 2.24) is 4.98 Å². The van der Waals surface area contributed by atoms with E-state index < -0.39 is 5.97 Å². The van der Waals surface area contributed by atoms with E-state index in [4.69, 9.17) is 9.52 Å². The Morgan fingerprint density at radius 1 is 1.29 bits per heavy atom. The van der Waals surface area contributed by atoms with Crippen molar-refractivity contribution in [3.05, 3.63) is 17.3 Å². The number of aryl methyl sites for hydroxylation is 1. The van der Waals surface area contributed by atoms with Crippen molar-refractivity contribution in [3.8, 4) is 0 Å². The number of hydrogen-bond donors (Lipinski definition) is 1. The maximum absolute atomic E-state index is 11.0. The molecule has 0 unspecified atom stereocenters.